The van der Waals surface area contributed by atoms with Gasteiger partial charge in [-0.25, -0.2) is 9.78 Å². The van der Waals surface area contributed by atoms with Crippen LogP contribution in [0, 0.1) is 5.92 Å². The number of carbonyl (C=O) groups excluding carboxylic acids is 3. The zero-order valence-electron chi connectivity index (χ0n) is 20.4. The Morgan fingerprint density at radius 2 is 1.67 bits per heavy atom. The largest absolute Gasteiger partial charge is 0.480 e. The molecule has 0 bridgehead atoms. The molecule has 36 heavy (non-hydrogen) atoms. The number of nitrogens with zero attached hydrogens (tertiary/aromatic N) is 2. The third kappa shape index (κ3) is 11.1. The van der Waals surface area contributed by atoms with Crippen molar-refractivity contribution in [2.75, 3.05) is 13.2 Å². The van der Waals surface area contributed by atoms with Gasteiger partial charge in [0, 0.05) is 24.9 Å². The smallest absolute Gasteiger partial charge is 0.326 e. The number of H-pyrrole nitrogens is 1. The zero-order valence-corrected chi connectivity index (χ0v) is 20.4. The van der Waals surface area contributed by atoms with E-state index in [-0.39, 0.29) is 31.3 Å². The molecule has 3 amide bonds. The first-order chi connectivity index (χ1) is 16.9. The topological polar surface area (TPSA) is 264 Å². The van der Waals surface area contributed by atoms with Crippen LogP contribution in [0.3, 0.4) is 0 Å². The number of aliphatic hydroxyl groups is 1. The highest BCUT2D eigenvalue weighted by atomic mass is 16.4. The highest BCUT2D eigenvalue weighted by Gasteiger charge is 2.30. The van der Waals surface area contributed by atoms with Gasteiger partial charge in [0.1, 0.15) is 18.1 Å². The van der Waals surface area contributed by atoms with E-state index in [0.29, 0.717) is 18.5 Å². The predicted molar refractivity (Wildman–Crippen MR) is 130 cm³/mol. The summed E-state index contributed by atoms with van der Waals surface area (Å²) in [5, 5.41) is 26.3. The van der Waals surface area contributed by atoms with E-state index in [0.717, 1.165) is 0 Å². The maximum Gasteiger partial charge on any atom is 0.326 e. The number of carbonyl (C=O) groups is 4. The number of hydrogen-bond acceptors (Lipinski definition) is 8. The Morgan fingerprint density at radius 3 is 2.19 bits per heavy atom. The van der Waals surface area contributed by atoms with Gasteiger partial charge in [0.05, 0.1) is 19.0 Å². The molecule has 0 aliphatic carbocycles. The molecule has 1 aromatic rings. The molecule has 0 radical (unpaired) electrons. The fourth-order valence-corrected chi connectivity index (χ4v) is 3.22. The number of hydrogen-bond donors (Lipinski definition) is 9. The van der Waals surface area contributed by atoms with Crippen molar-refractivity contribution in [2.45, 2.75) is 63.7 Å². The van der Waals surface area contributed by atoms with Crippen molar-refractivity contribution >= 4 is 29.7 Å². The molecule has 0 aromatic carbocycles. The van der Waals surface area contributed by atoms with E-state index >= 15 is 0 Å². The first kappa shape index (κ1) is 30.3. The summed E-state index contributed by atoms with van der Waals surface area (Å²) in [4.78, 5) is 60.0. The standard InChI is InChI=1S/C21H37N9O6/c1-11(2)6-13(22)17(32)28-14(4-3-5-26-21(23)24)18(33)30-16(9-31)19(34)29-15(20(35)36)7-12-8-25-10-27-12/h8,10-11,13-16,31H,3-7,9,22H2,1-2H3,(H,25,27)(H,28,32)(H,29,34)(H,30,33)(H,35,36)(H4,23,24,26). The Balaban J connectivity index is 2.88. The number of imidazole rings is 1. The molecule has 0 fully saturated rings. The van der Waals surface area contributed by atoms with E-state index in [1.807, 2.05) is 13.8 Å². The normalized spacial score (nSPS) is 14.2. The maximum absolute atomic E-state index is 12.9. The van der Waals surface area contributed by atoms with Crippen molar-refractivity contribution in [3.63, 3.8) is 0 Å². The Labute approximate surface area is 208 Å². The summed E-state index contributed by atoms with van der Waals surface area (Å²) in [6.45, 7) is 3.18. The van der Waals surface area contributed by atoms with Crippen LogP contribution in [0.15, 0.2) is 17.5 Å². The summed E-state index contributed by atoms with van der Waals surface area (Å²) in [5.74, 6) is -3.53. The molecule has 0 aliphatic heterocycles. The summed E-state index contributed by atoms with van der Waals surface area (Å²) in [7, 11) is 0. The van der Waals surface area contributed by atoms with Gasteiger partial charge in [-0.3, -0.25) is 19.4 Å². The summed E-state index contributed by atoms with van der Waals surface area (Å²) in [5.41, 5.74) is 17.0. The lowest BCUT2D eigenvalue weighted by Gasteiger charge is -2.24. The molecule has 4 unspecified atom stereocenters. The van der Waals surface area contributed by atoms with Gasteiger partial charge < -0.3 is 48.3 Å². The van der Waals surface area contributed by atoms with E-state index in [4.69, 9.17) is 17.2 Å². The molecule has 1 aromatic heterocycles. The van der Waals surface area contributed by atoms with Gasteiger partial charge in [-0.15, -0.1) is 0 Å². The molecule has 0 spiro atoms. The van der Waals surface area contributed by atoms with Crippen LogP contribution in [0.25, 0.3) is 0 Å². The Kier molecular flexibility index (Phi) is 12.9. The number of carboxylic acid groups (broad SMARTS) is 1. The molecule has 15 heteroatoms. The lowest BCUT2D eigenvalue weighted by atomic mass is 10.0. The second-order valence-electron chi connectivity index (χ2n) is 8.67. The predicted octanol–water partition coefficient (Wildman–Crippen LogP) is -3.09. The number of rotatable bonds is 16. The quantitative estimate of drug-likeness (QED) is 0.0613. The fraction of sp³-hybridized carbons (Fsp3) is 0.619. The van der Waals surface area contributed by atoms with Crippen molar-refractivity contribution in [3.05, 3.63) is 18.2 Å². The molecule has 0 saturated heterocycles. The molecular weight excluding hydrogens is 474 g/mol. The summed E-state index contributed by atoms with van der Waals surface area (Å²) in [6, 6.07) is -4.77. The minimum absolute atomic E-state index is 0.0929. The van der Waals surface area contributed by atoms with Gasteiger partial charge in [-0.1, -0.05) is 13.8 Å². The van der Waals surface area contributed by atoms with Crippen LogP contribution in [0.4, 0.5) is 0 Å². The Hall–Kier alpha value is -3.72. The number of guanidine groups is 1. The molecule has 0 saturated carbocycles. The summed E-state index contributed by atoms with van der Waals surface area (Å²) < 4.78 is 0. The lowest BCUT2D eigenvalue weighted by molar-refractivity contribution is -0.142. The molecule has 1 heterocycles. The minimum Gasteiger partial charge on any atom is -0.480 e. The van der Waals surface area contributed by atoms with E-state index in [1.54, 1.807) is 0 Å². The van der Waals surface area contributed by atoms with E-state index in [1.165, 1.54) is 12.5 Å². The van der Waals surface area contributed by atoms with Crippen LogP contribution in [0.5, 0.6) is 0 Å². The first-order valence-corrected chi connectivity index (χ1v) is 11.5. The molecule has 15 nitrogen and oxygen atoms in total. The van der Waals surface area contributed by atoms with Crippen LogP contribution < -0.4 is 33.2 Å². The van der Waals surface area contributed by atoms with Crippen LogP contribution >= 0.6 is 0 Å². The zero-order chi connectivity index (χ0) is 27.3. The third-order valence-electron chi connectivity index (χ3n) is 5.05. The number of aromatic nitrogens is 2. The number of aliphatic hydroxyl groups excluding tert-OH is 1. The van der Waals surface area contributed by atoms with Gasteiger partial charge in [0.2, 0.25) is 17.7 Å². The van der Waals surface area contributed by atoms with Crippen molar-refractivity contribution in [3.8, 4) is 0 Å². The molecule has 12 N–H and O–H groups in total. The second kappa shape index (κ2) is 15.3. The van der Waals surface area contributed by atoms with Gasteiger partial charge in [-0.2, -0.15) is 0 Å². The van der Waals surface area contributed by atoms with E-state index in [2.05, 4.69) is 30.9 Å². The van der Waals surface area contributed by atoms with Crippen molar-refractivity contribution in [2.24, 2.45) is 28.1 Å². The van der Waals surface area contributed by atoms with Crippen LogP contribution in [0.1, 0.15) is 38.8 Å². The first-order valence-electron chi connectivity index (χ1n) is 11.5. The van der Waals surface area contributed by atoms with Crippen molar-refractivity contribution in [1.82, 2.24) is 25.9 Å². The van der Waals surface area contributed by atoms with Gasteiger partial charge >= 0.3 is 5.97 Å². The number of carboxylic acids is 1. The average molecular weight is 512 g/mol. The lowest BCUT2D eigenvalue weighted by Crippen LogP contribution is -2.58. The highest BCUT2D eigenvalue weighted by molar-refractivity contribution is 5.94. The maximum atomic E-state index is 12.9. The van der Waals surface area contributed by atoms with Gasteiger partial charge in [0.25, 0.3) is 0 Å². The second-order valence-corrected chi connectivity index (χ2v) is 8.67. The SMILES string of the molecule is CC(C)CC(N)C(=O)NC(CCCN=C(N)N)C(=O)NC(CO)C(=O)NC(Cc1cnc[nH]1)C(=O)O. The molecule has 0 aliphatic rings. The minimum atomic E-state index is -1.47. The Morgan fingerprint density at radius 1 is 1.06 bits per heavy atom. The number of nitrogens with two attached hydrogens (primary N) is 3. The monoisotopic (exact) mass is 511 g/mol. The number of aliphatic carboxylic acids is 1. The third-order valence-corrected chi connectivity index (χ3v) is 5.05. The van der Waals surface area contributed by atoms with Gasteiger partial charge in [-0.05, 0) is 25.2 Å². The summed E-state index contributed by atoms with van der Waals surface area (Å²) in [6.07, 6.45) is 3.50. The fourth-order valence-electron chi connectivity index (χ4n) is 3.22. The van der Waals surface area contributed by atoms with Crippen molar-refractivity contribution < 1.29 is 29.4 Å². The average Bonchev–Trinajstić information content (AvgIpc) is 3.31. The molecule has 1 rings (SSSR count). The molecule has 202 valence electrons. The summed E-state index contributed by atoms with van der Waals surface area (Å²) >= 11 is 0. The number of aliphatic imine (C=N–C) groups is 1. The van der Waals surface area contributed by atoms with Crippen LogP contribution in [-0.4, -0.2) is 87.2 Å². The van der Waals surface area contributed by atoms with E-state index in [9.17, 15) is 29.4 Å². The molecular formula is C21H37N9O6. The number of nitrogens with one attached hydrogen (secondary N) is 4. The van der Waals surface area contributed by atoms with Crippen molar-refractivity contribution in [1.29, 1.82) is 0 Å². The Bertz CT molecular complexity index is 886. The molecule has 4 atom stereocenters. The van der Waals surface area contributed by atoms with Crippen LogP contribution in [-0.2, 0) is 25.6 Å². The number of amides is 3. The van der Waals surface area contributed by atoms with E-state index < -0.39 is 54.5 Å². The number of aromatic amines is 1. The van der Waals surface area contributed by atoms with Gasteiger partial charge in [0.15, 0.2) is 5.96 Å². The highest BCUT2D eigenvalue weighted by Crippen LogP contribution is 2.06. The van der Waals surface area contributed by atoms with Crippen LogP contribution in [0.2, 0.25) is 0 Å².